The van der Waals surface area contributed by atoms with Crippen LogP contribution < -0.4 is 16.8 Å². The molecular formula is C15H17N3O2. The average molecular weight is 271 g/mol. The van der Waals surface area contributed by atoms with Gasteiger partial charge < -0.3 is 16.8 Å². The SMILES string of the molecule is NC(=O)CC1NC(=O)C1N.c1ccc2ccccc2c1. The maximum Gasteiger partial charge on any atom is 0.239 e. The van der Waals surface area contributed by atoms with Gasteiger partial charge in [0, 0.05) is 6.42 Å². The third-order valence-electron chi connectivity index (χ3n) is 3.14. The van der Waals surface area contributed by atoms with Gasteiger partial charge in [0.2, 0.25) is 11.8 Å². The molecule has 5 heteroatoms. The van der Waals surface area contributed by atoms with Crippen LogP contribution in [0.15, 0.2) is 48.5 Å². The second-order valence-electron chi connectivity index (χ2n) is 4.66. The maximum atomic E-state index is 10.4. The minimum atomic E-state index is -0.549. The third-order valence-corrected chi connectivity index (χ3v) is 3.14. The Morgan fingerprint density at radius 1 is 1.05 bits per heavy atom. The Labute approximate surface area is 116 Å². The van der Waals surface area contributed by atoms with E-state index in [2.05, 4.69) is 53.8 Å². The van der Waals surface area contributed by atoms with Crippen LogP contribution in [-0.2, 0) is 9.59 Å². The molecule has 2 unspecified atom stereocenters. The molecule has 0 saturated carbocycles. The summed E-state index contributed by atoms with van der Waals surface area (Å²) in [5.74, 6) is -0.660. The van der Waals surface area contributed by atoms with Gasteiger partial charge in [0.25, 0.3) is 0 Å². The van der Waals surface area contributed by atoms with Crippen molar-refractivity contribution in [3.8, 4) is 0 Å². The standard InChI is InChI=1S/C10H8.C5H9N3O2/c1-2-6-10-8-4-3-7-9(10)5-1;6-3(9)1-2-4(7)5(10)8-2/h1-8H;2,4H,1,7H2,(H2,6,9)(H,8,10). The molecular weight excluding hydrogens is 254 g/mol. The van der Waals surface area contributed by atoms with Gasteiger partial charge >= 0.3 is 0 Å². The number of carbonyl (C=O) groups excluding carboxylic acids is 2. The molecule has 1 heterocycles. The molecule has 1 saturated heterocycles. The molecule has 0 spiro atoms. The first-order valence-electron chi connectivity index (χ1n) is 6.36. The van der Waals surface area contributed by atoms with Crippen LogP contribution in [0.4, 0.5) is 0 Å². The quantitative estimate of drug-likeness (QED) is 0.695. The Morgan fingerprint density at radius 3 is 1.80 bits per heavy atom. The number of hydrogen-bond acceptors (Lipinski definition) is 3. The number of β-lactam (4-membered cyclic amide) rings is 1. The number of hydrogen-bond donors (Lipinski definition) is 3. The van der Waals surface area contributed by atoms with Gasteiger partial charge in [0.15, 0.2) is 0 Å². The van der Waals surface area contributed by atoms with Crippen molar-refractivity contribution in [3.05, 3.63) is 48.5 Å². The fraction of sp³-hybridized carbons (Fsp3) is 0.200. The lowest BCUT2D eigenvalue weighted by Gasteiger charge is -2.32. The molecule has 2 aromatic rings. The number of nitrogens with two attached hydrogens (primary N) is 2. The first-order chi connectivity index (χ1) is 9.58. The van der Waals surface area contributed by atoms with Crippen molar-refractivity contribution >= 4 is 22.6 Å². The van der Waals surface area contributed by atoms with Crippen LogP contribution in [0, 0.1) is 0 Å². The highest BCUT2D eigenvalue weighted by atomic mass is 16.2. The Balaban J connectivity index is 0.000000147. The molecule has 0 aromatic heterocycles. The fourth-order valence-corrected chi connectivity index (χ4v) is 1.98. The van der Waals surface area contributed by atoms with Gasteiger partial charge in [-0.15, -0.1) is 0 Å². The van der Waals surface area contributed by atoms with Crippen LogP contribution >= 0.6 is 0 Å². The number of amides is 2. The van der Waals surface area contributed by atoms with E-state index in [0.717, 1.165) is 0 Å². The highest BCUT2D eigenvalue weighted by molar-refractivity contribution is 5.91. The molecule has 20 heavy (non-hydrogen) atoms. The molecule has 2 atom stereocenters. The number of rotatable bonds is 2. The summed E-state index contributed by atoms with van der Waals surface area (Å²) < 4.78 is 0. The zero-order valence-corrected chi connectivity index (χ0v) is 11.0. The minimum absolute atomic E-state index is 0.132. The van der Waals surface area contributed by atoms with Crippen LogP contribution in [0.3, 0.4) is 0 Å². The first-order valence-corrected chi connectivity index (χ1v) is 6.36. The molecule has 5 nitrogen and oxygen atoms in total. The summed E-state index contributed by atoms with van der Waals surface area (Å²) in [4.78, 5) is 20.7. The summed E-state index contributed by atoms with van der Waals surface area (Å²) >= 11 is 0. The van der Waals surface area contributed by atoms with Crippen molar-refractivity contribution in [1.29, 1.82) is 0 Å². The Bertz CT molecular complexity index is 562. The molecule has 0 aliphatic carbocycles. The maximum absolute atomic E-state index is 10.4. The van der Waals surface area contributed by atoms with Crippen LogP contribution in [0.25, 0.3) is 10.8 Å². The Hall–Kier alpha value is -2.40. The van der Waals surface area contributed by atoms with Crippen molar-refractivity contribution in [3.63, 3.8) is 0 Å². The molecule has 0 bridgehead atoms. The lowest BCUT2D eigenvalue weighted by Crippen LogP contribution is -2.67. The second-order valence-corrected chi connectivity index (χ2v) is 4.66. The third kappa shape index (κ3) is 3.33. The molecule has 1 fully saturated rings. The zero-order chi connectivity index (χ0) is 14.5. The van der Waals surface area contributed by atoms with E-state index in [9.17, 15) is 9.59 Å². The van der Waals surface area contributed by atoms with E-state index in [4.69, 9.17) is 11.5 Å². The summed E-state index contributed by atoms with van der Waals surface area (Å²) in [7, 11) is 0. The topological polar surface area (TPSA) is 98.2 Å². The minimum Gasteiger partial charge on any atom is -0.370 e. The van der Waals surface area contributed by atoms with Gasteiger partial charge in [0.05, 0.1) is 6.04 Å². The van der Waals surface area contributed by atoms with Crippen LogP contribution in [0.2, 0.25) is 0 Å². The van der Waals surface area contributed by atoms with Crippen LogP contribution in [0.5, 0.6) is 0 Å². The van der Waals surface area contributed by atoms with Crippen molar-refractivity contribution in [2.45, 2.75) is 18.5 Å². The van der Waals surface area contributed by atoms with E-state index < -0.39 is 11.9 Å². The number of primary amides is 1. The number of nitrogens with one attached hydrogen (secondary N) is 1. The van der Waals surface area contributed by atoms with Crippen molar-refractivity contribution in [2.75, 3.05) is 0 Å². The average Bonchev–Trinajstić information content (AvgIpc) is 2.47. The van der Waals surface area contributed by atoms with Gasteiger partial charge in [-0.25, -0.2) is 0 Å². The molecule has 2 amide bonds. The summed E-state index contributed by atoms with van der Waals surface area (Å²) in [5, 5.41) is 5.08. The van der Waals surface area contributed by atoms with Crippen LogP contribution in [0.1, 0.15) is 6.42 Å². The molecule has 3 rings (SSSR count). The van der Waals surface area contributed by atoms with Crippen molar-refractivity contribution in [1.82, 2.24) is 5.32 Å². The predicted octanol–water partition coefficient (Wildman–Crippen LogP) is 0.527. The molecule has 2 aromatic carbocycles. The Morgan fingerprint density at radius 2 is 1.50 bits per heavy atom. The summed E-state index contributed by atoms with van der Waals surface area (Å²) in [6.07, 6.45) is 0.132. The van der Waals surface area contributed by atoms with Gasteiger partial charge in [-0.1, -0.05) is 48.5 Å². The molecule has 5 N–H and O–H groups in total. The van der Waals surface area contributed by atoms with Crippen molar-refractivity contribution in [2.24, 2.45) is 11.5 Å². The van der Waals surface area contributed by atoms with E-state index in [0.29, 0.717) is 0 Å². The van der Waals surface area contributed by atoms with E-state index in [1.165, 1.54) is 10.8 Å². The van der Waals surface area contributed by atoms with Crippen molar-refractivity contribution < 1.29 is 9.59 Å². The lowest BCUT2D eigenvalue weighted by molar-refractivity contribution is -0.131. The number of fused-ring (bicyclic) bond motifs is 1. The fourth-order valence-electron chi connectivity index (χ4n) is 1.98. The summed E-state index contributed by atoms with van der Waals surface area (Å²) in [6.45, 7) is 0. The van der Waals surface area contributed by atoms with E-state index in [1.807, 2.05) is 0 Å². The Kier molecular flexibility index (Phi) is 4.32. The van der Waals surface area contributed by atoms with Crippen LogP contribution in [-0.4, -0.2) is 23.9 Å². The summed E-state index contributed by atoms with van der Waals surface area (Å²) in [5.41, 5.74) is 10.2. The smallest absolute Gasteiger partial charge is 0.239 e. The van der Waals surface area contributed by atoms with E-state index >= 15 is 0 Å². The zero-order valence-electron chi connectivity index (χ0n) is 11.0. The summed E-state index contributed by atoms with van der Waals surface area (Å²) in [6, 6.07) is 15.9. The number of benzene rings is 2. The van der Waals surface area contributed by atoms with Gasteiger partial charge in [-0.3, -0.25) is 9.59 Å². The largest absolute Gasteiger partial charge is 0.370 e. The predicted molar refractivity (Wildman–Crippen MR) is 77.7 cm³/mol. The monoisotopic (exact) mass is 271 g/mol. The first kappa shape index (κ1) is 14.0. The van der Waals surface area contributed by atoms with E-state index in [1.54, 1.807) is 0 Å². The lowest BCUT2D eigenvalue weighted by atomic mass is 9.97. The highest BCUT2D eigenvalue weighted by Crippen LogP contribution is 2.11. The second kappa shape index (κ2) is 6.16. The highest BCUT2D eigenvalue weighted by Gasteiger charge is 2.36. The molecule has 1 aliphatic heterocycles. The van der Waals surface area contributed by atoms with Gasteiger partial charge in [0.1, 0.15) is 6.04 Å². The number of carbonyl (C=O) groups is 2. The normalized spacial score (nSPS) is 20.4. The molecule has 104 valence electrons. The van der Waals surface area contributed by atoms with Gasteiger partial charge in [-0.05, 0) is 10.8 Å². The van der Waals surface area contributed by atoms with Gasteiger partial charge in [-0.2, -0.15) is 0 Å². The van der Waals surface area contributed by atoms with E-state index in [-0.39, 0.29) is 18.4 Å². The molecule has 0 radical (unpaired) electrons. The molecule has 1 aliphatic rings.